The average molecular weight is 665 g/mol. The second-order valence-corrected chi connectivity index (χ2v) is 13.2. The molecule has 242 valence electrons. The largest absolute Gasteiger partial charge is 0.456 e. The van der Waals surface area contributed by atoms with Crippen molar-refractivity contribution in [2.45, 2.75) is 0 Å². The van der Waals surface area contributed by atoms with Gasteiger partial charge in [0, 0.05) is 49.3 Å². The lowest BCUT2D eigenvalue weighted by molar-refractivity contribution is 0.669. The lowest BCUT2D eigenvalue weighted by Crippen LogP contribution is -2.01. The zero-order valence-corrected chi connectivity index (χ0v) is 27.9. The first-order valence-corrected chi connectivity index (χ1v) is 17.4. The van der Waals surface area contributed by atoms with Crippen molar-refractivity contribution in [2.75, 3.05) is 0 Å². The van der Waals surface area contributed by atoms with Gasteiger partial charge in [-0.3, -0.25) is 0 Å². The van der Waals surface area contributed by atoms with Crippen LogP contribution >= 0.6 is 0 Å². The van der Waals surface area contributed by atoms with Crippen molar-refractivity contribution in [3.63, 3.8) is 0 Å². The van der Waals surface area contributed by atoms with Gasteiger partial charge in [0.2, 0.25) is 0 Å². The van der Waals surface area contributed by atoms with Crippen LogP contribution in [0.15, 0.2) is 174 Å². The number of para-hydroxylation sites is 3. The maximum atomic E-state index is 6.36. The molecule has 0 unspecified atom stereocenters. The summed E-state index contributed by atoms with van der Waals surface area (Å²) in [5, 5.41) is 9.09. The van der Waals surface area contributed by atoms with Crippen LogP contribution in [-0.4, -0.2) is 19.5 Å². The number of aromatic nitrogens is 4. The molecule has 0 spiro atoms. The minimum absolute atomic E-state index is 0.614. The van der Waals surface area contributed by atoms with E-state index in [2.05, 4.69) is 132 Å². The van der Waals surface area contributed by atoms with E-state index in [-0.39, 0.29) is 0 Å². The van der Waals surface area contributed by atoms with Crippen molar-refractivity contribution >= 4 is 65.3 Å². The minimum atomic E-state index is 0.614. The molecule has 11 rings (SSSR count). The molecule has 0 aliphatic carbocycles. The highest BCUT2D eigenvalue weighted by Gasteiger charge is 2.18. The van der Waals surface area contributed by atoms with Gasteiger partial charge in [-0.05, 0) is 58.6 Å². The molecule has 3 heterocycles. The second kappa shape index (κ2) is 11.2. The van der Waals surface area contributed by atoms with Gasteiger partial charge in [-0.15, -0.1) is 0 Å². The molecule has 0 saturated carbocycles. The van der Waals surface area contributed by atoms with Gasteiger partial charge in [-0.2, -0.15) is 0 Å². The molecule has 3 aromatic heterocycles. The third-order valence-corrected chi connectivity index (χ3v) is 10.2. The molecule has 5 nitrogen and oxygen atoms in total. The summed E-state index contributed by atoms with van der Waals surface area (Å²) >= 11 is 0. The van der Waals surface area contributed by atoms with Crippen LogP contribution in [-0.2, 0) is 0 Å². The molecule has 0 atom stereocenters. The molecule has 0 aliphatic heterocycles. The summed E-state index contributed by atoms with van der Waals surface area (Å²) < 4.78 is 8.68. The highest BCUT2D eigenvalue weighted by Crippen LogP contribution is 2.39. The molecule has 0 fully saturated rings. The van der Waals surface area contributed by atoms with Gasteiger partial charge in [-0.1, -0.05) is 127 Å². The van der Waals surface area contributed by atoms with E-state index in [1.165, 1.54) is 10.8 Å². The first-order chi connectivity index (χ1) is 25.8. The van der Waals surface area contributed by atoms with Gasteiger partial charge >= 0.3 is 0 Å². The van der Waals surface area contributed by atoms with E-state index in [4.69, 9.17) is 19.4 Å². The van der Waals surface area contributed by atoms with Gasteiger partial charge < -0.3 is 8.98 Å². The second-order valence-electron chi connectivity index (χ2n) is 13.2. The average Bonchev–Trinajstić information content (AvgIpc) is 3.75. The van der Waals surface area contributed by atoms with E-state index < -0.39 is 0 Å². The van der Waals surface area contributed by atoms with Gasteiger partial charge in [0.1, 0.15) is 11.2 Å². The lowest BCUT2D eigenvalue weighted by Gasteiger charge is -2.13. The fraction of sp³-hybridized carbons (Fsp3) is 0. The van der Waals surface area contributed by atoms with E-state index >= 15 is 0 Å². The highest BCUT2D eigenvalue weighted by molar-refractivity contribution is 6.19. The predicted molar refractivity (Wildman–Crippen MR) is 213 cm³/mol. The third kappa shape index (κ3) is 4.39. The number of hydrogen-bond donors (Lipinski definition) is 0. The van der Waals surface area contributed by atoms with Crippen molar-refractivity contribution in [3.8, 4) is 39.9 Å². The number of furan rings is 1. The van der Waals surface area contributed by atoms with E-state index in [1.54, 1.807) is 0 Å². The van der Waals surface area contributed by atoms with Crippen molar-refractivity contribution in [1.29, 1.82) is 0 Å². The lowest BCUT2D eigenvalue weighted by atomic mass is 9.96. The standard InChI is InChI=1S/C47H28N4O/c1-2-12-30(13-3-1)45-48-46(32-15-10-16-33(26-32)51-40-21-7-4-17-34(40)35-18-5-8-22-41(35)51)50-47(49-45)37-20-11-14-29-24-25-31-27-39-36-19-6-9-23-42(36)52-43(39)28-38(31)44(29)37/h1-28H. The van der Waals surface area contributed by atoms with Crippen LogP contribution in [0.4, 0.5) is 0 Å². The maximum Gasteiger partial charge on any atom is 0.164 e. The predicted octanol–water partition coefficient (Wildman–Crippen LogP) is 12.2. The Morgan fingerprint density at radius 3 is 1.83 bits per heavy atom. The molecule has 0 N–H and O–H groups in total. The smallest absolute Gasteiger partial charge is 0.164 e. The Labute approximate surface area is 298 Å². The topological polar surface area (TPSA) is 56.7 Å². The number of rotatable bonds is 4. The van der Waals surface area contributed by atoms with Gasteiger partial charge in [0.15, 0.2) is 17.5 Å². The number of fused-ring (bicyclic) bond motifs is 9. The molecule has 8 aromatic carbocycles. The zero-order chi connectivity index (χ0) is 34.2. The number of benzene rings is 8. The van der Waals surface area contributed by atoms with Crippen LogP contribution < -0.4 is 0 Å². The van der Waals surface area contributed by atoms with E-state index in [0.29, 0.717) is 17.5 Å². The molecule has 0 aliphatic rings. The maximum absolute atomic E-state index is 6.36. The molecule has 52 heavy (non-hydrogen) atoms. The van der Waals surface area contributed by atoms with E-state index in [1.807, 2.05) is 42.5 Å². The zero-order valence-electron chi connectivity index (χ0n) is 27.9. The fourth-order valence-electron chi connectivity index (χ4n) is 7.84. The highest BCUT2D eigenvalue weighted by atomic mass is 16.3. The summed E-state index contributed by atoms with van der Waals surface area (Å²) in [6, 6.07) is 59.1. The number of hydrogen-bond acceptors (Lipinski definition) is 4. The Morgan fingerprint density at radius 2 is 1.02 bits per heavy atom. The molecule has 5 heteroatoms. The normalized spacial score (nSPS) is 11.8. The van der Waals surface area contributed by atoms with Crippen LogP contribution in [0.5, 0.6) is 0 Å². The summed E-state index contributed by atoms with van der Waals surface area (Å²) in [5.74, 6) is 1.86. The third-order valence-electron chi connectivity index (χ3n) is 10.2. The Balaban J connectivity index is 1.15. The van der Waals surface area contributed by atoms with Crippen LogP contribution in [0, 0.1) is 0 Å². The first-order valence-electron chi connectivity index (χ1n) is 17.4. The fourth-order valence-corrected chi connectivity index (χ4v) is 7.84. The minimum Gasteiger partial charge on any atom is -0.456 e. The summed E-state index contributed by atoms with van der Waals surface area (Å²) in [5.41, 5.74) is 7.89. The summed E-state index contributed by atoms with van der Waals surface area (Å²) in [6.07, 6.45) is 0. The van der Waals surface area contributed by atoms with E-state index in [9.17, 15) is 0 Å². The van der Waals surface area contributed by atoms with Crippen LogP contribution in [0.25, 0.3) is 105 Å². The first kappa shape index (κ1) is 28.7. The Bertz CT molecular complexity index is 3140. The summed E-state index contributed by atoms with van der Waals surface area (Å²) in [4.78, 5) is 15.5. The van der Waals surface area contributed by atoms with Crippen LogP contribution in [0.1, 0.15) is 0 Å². The van der Waals surface area contributed by atoms with Gasteiger partial charge in [0.25, 0.3) is 0 Å². The van der Waals surface area contributed by atoms with Crippen molar-refractivity contribution in [3.05, 3.63) is 170 Å². The molecular weight excluding hydrogens is 637 g/mol. The van der Waals surface area contributed by atoms with Crippen molar-refractivity contribution < 1.29 is 4.42 Å². The molecule has 0 bridgehead atoms. The summed E-state index contributed by atoms with van der Waals surface area (Å²) in [6.45, 7) is 0. The summed E-state index contributed by atoms with van der Waals surface area (Å²) in [7, 11) is 0. The Morgan fingerprint density at radius 1 is 0.385 bits per heavy atom. The molecule has 0 radical (unpaired) electrons. The molecular formula is C47H28N4O. The van der Waals surface area contributed by atoms with Crippen molar-refractivity contribution in [2.24, 2.45) is 0 Å². The quantitative estimate of drug-likeness (QED) is 0.176. The van der Waals surface area contributed by atoms with Crippen molar-refractivity contribution in [1.82, 2.24) is 19.5 Å². The van der Waals surface area contributed by atoms with Crippen LogP contribution in [0.3, 0.4) is 0 Å². The van der Waals surface area contributed by atoms with Gasteiger partial charge in [0.05, 0.1) is 11.0 Å². The molecule has 0 saturated heterocycles. The molecule has 11 aromatic rings. The Kier molecular flexibility index (Phi) is 6.18. The van der Waals surface area contributed by atoms with E-state index in [0.717, 1.165) is 76.9 Å². The monoisotopic (exact) mass is 664 g/mol. The van der Waals surface area contributed by atoms with Crippen LogP contribution in [0.2, 0.25) is 0 Å². The Hall–Kier alpha value is -7.11. The SMILES string of the molecule is c1ccc(-c2nc(-c3cccc(-n4c5ccccc5c5ccccc54)c3)nc(-c3cccc4ccc5cc6c(cc5c34)oc3ccccc36)n2)cc1. The number of nitrogens with zero attached hydrogens (tertiary/aromatic N) is 4. The molecule has 0 amide bonds. The van der Waals surface area contributed by atoms with Gasteiger partial charge in [-0.25, -0.2) is 15.0 Å².